The van der Waals surface area contributed by atoms with E-state index in [1.165, 1.54) is 19.7 Å². The predicted octanol–water partition coefficient (Wildman–Crippen LogP) is 12.8. The van der Waals surface area contributed by atoms with Crippen LogP contribution >= 0.6 is 198 Å². The van der Waals surface area contributed by atoms with E-state index >= 15 is 0 Å². The van der Waals surface area contributed by atoms with Crippen LogP contribution in [-0.2, 0) is 33.0 Å². The van der Waals surface area contributed by atoms with Crippen LogP contribution < -0.4 is 0 Å². The van der Waals surface area contributed by atoms with Crippen LogP contribution in [0, 0.1) is 0 Å². The van der Waals surface area contributed by atoms with Crippen LogP contribution in [-0.4, -0.2) is 7.11 Å². The lowest BCUT2D eigenvalue weighted by atomic mass is 11.8. The minimum atomic E-state index is -1.78. The van der Waals surface area contributed by atoms with Gasteiger partial charge in [0.1, 0.15) is 0 Å². The molecule has 0 fully saturated rings. The van der Waals surface area contributed by atoms with E-state index in [9.17, 15) is 0 Å². The predicted molar refractivity (Wildman–Crippen MR) is 182 cm³/mol. The van der Waals surface area contributed by atoms with E-state index < -0.39 is 6.46 Å². The van der Waals surface area contributed by atoms with Gasteiger partial charge in [0.25, 0.3) is 0 Å². The molecule has 0 N–H and O–H groups in total. The van der Waals surface area contributed by atoms with Crippen molar-refractivity contribution >= 4 is 227 Å². The van der Waals surface area contributed by atoms with Crippen molar-refractivity contribution in [2.75, 3.05) is 7.11 Å². The van der Waals surface area contributed by atoms with Crippen LogP contribution in [0.15, 0.2) is 0 Å². The van der Waals surface area contributed by atoms with Gasteiger partial charge in [-0.1, -0.05) is 11.7 Å². The van der Waals surface area contributed by atoms with Gasteiger partial charge in [0.2, 0.25) is 0 Å². The van der Waals surface area contributed by atoms with E-state index in [-0.39, 0.29) is 0 Å². The van der Waals surface area contributed by atoms with E-state index in [2.05, 4.69) is 11.7 Å². The summed E-state index contributed by atoms with van der Waals surface area (Å²) in [7, 11) is 34.2. The topological polar surface area (TPSA) is 9.23 Å². The Morgan fingerprint density at radius 1 is 0.560 bits per heavy atom. The fourth-order valence-electron chi connectivity index (χ4n) is 0.256. The molecule has 0 bridgehead atoms. The van der Waals surface area contributed by atoms with Crippen LogP contribution in [0.5, 0.6) is 0 Å². The van der Waals surface area contributed by atoms with Crippen molar-refractivity contribution in [1.29, 1.82) is 0 Å². The number of hydrogen-bond donors (Lipinski definition) is 1. The molecule has 24 heteroatoms. The second-order valence-corrected chi connectivity index (χ2v) is 42.9. The molecule has 0 amide bonds. The molecule has 0 spiro atoms. The summed E-state index contributed by atoms with van der Waals surface area (Å²) in [5.41, 5.74) is 0. The lowest BCUT2D eigenvalue weighted by Gasteiger charge is -2.03. The number of thiol groups is 1. The molecule has 25 heavy (non-hydrogen) atoms. The van der Waals surface area contributed by atoms with Crippen molar-refractivity contribution in [2.24, 2.45) is 0 Å². The Morgan fingerprint density at radius 2 is 0.840 bits per heavy atom. The highest BCUT2D eigenvalue weighted by atomic mass is 34.1. The zero-order chi connectivity index (χ0) is 18.6. The summed E-state index contributed by atoms with van der Waals surface area (Å²) in [5, 5.41) is 0. The van der Waals surface area contributed by atoms with Crippen molar-refractivity contribution in [1.82, 2.24) is 0 Å². The Kier molecular flexibility index (Phi) is 34.5. The highest BCUT2D eigenvalue weighted by molar-refractivity contribution is 9.59. The van der Waals surface area contributed by atoms with Gasteiger partial charge in [-0.05, 0) is 101 Å². The molecule has 0 unspecified atom stereocenters. The van der Waals surface area contributed by atoms with Gasteiger partial charge in [-0.2, -0.15) is 0 Å². The first kappa shape index (κ1) is 32.8. The average Bonchev–Trinajstić information content (AvgIpc) is 2.60. The fraction of sp³-hybridized carbons (Fsp3) is 1.00. The minimum Gasteiger partial charge on any atom is -0.305 e. The highest BCUT2D eigenvalue weighted by Crippen LogP contribution is 2.64. The van der Waals surface area contributed by atoms with Gasteiger partial charge in [-0.15, -0.1) is 0 Å². The van der Waals surface area contributed by atoms with Gasteiger partial charge in [0, 0.05) is 108 Å². The molecule has 0 heterocycles. The lowest BCUT2D eigenvalue weighted by molar-refractivity contribution is 0.491. The Balaban J connectivity index is 3.07. The third kappa shape index (κ3) is 27.9. The van der Waals surface area contributed by atoms with Gasteiger partial charge in [0.15, 0.2) is 0 Å². The van der Waals surface area contributed by atoms with E-state index in [0.29, 0.717) is 0 Å². The Hall–Kier alpha value is 7.75. The summed E-state index contributed by atoms with van der Waals surface area (Å²) in [5.74, 6) is 0. The SMILES string of the molecule is COS(=S)(=S)SSSSSSSSSSSSSSSSSSSS. The smallest absolute Gasteiger partial charge is 0.0817 e. The van der Waals surface area contributed by atoms with Gasteiger partial charge in [-0.25, -0.2) is 0 Å². The van der Waals surface area contributed by atoms with Crippen LogP contribution in [0.2, 0.25) is 0 Å². The zero-order valence-corrected chi connectivity index (χ0v) is 29.7. The number of hydrogen-bond acceptors (Lipinski definition) is 23. The first-order valence-electron chi connectivity index (χ1n) is 4.26. The molecule has 0 atom stereocenters. The monoisotopic (exact) mass is 767 g/mol. The van der Waals surface area contributed by atoms with Crippen molar-refractivity contribution in [3.05, 3.63) is 0 Å². The first-order chi connectivity index (χ1) is 12.1. The third-order valence-corrected chi connectivity index (χ3v) is 47.8. The van der Waals surface area contributed by atoms with E-state index in [4.69, 9.17) is 26.6 Å². The van der Waals surface area contributed by atoms with Crippen molar-refractivity contribution in [2.45, 2.75) is 0 Å². The quantitative estimate of drug-likeness (QED) is 0.0714. The first-order valence-corrected chi connectivity index (χ1v) is 34.1. The van der Waals surface area contributed by atoms with Crippen LogP contribution in [0.3, 0.4) is 0 Å². The molecule has 0 aliphatic carbocycles. The van der Waals surface area contributed by atoms with Gasteiger partial charge in [0.05, 0.1) is 13.6 Å². The maximum atomic E-state index is 5.12. The Labute approximate surface area is 233 Å². The van der Waals surface area contributed by atoms with Crippen LogP contribution in [0.4, 0.5) is 0 Å². The molecular formula is CH4OS23. The highest BCUT2D eigenvalue weighted by Gasteiger charge is 2.03. The standard InChI is InChI=1S/CH4OS23/c1-2-25(4,5)24-23-22-21-20-19-18-17-16-15-14-13-12-11-10-9-8-7-6-3/h3H,1H3. The van der Waals surface area contributed by atoms with Gasteiger partial charge >= 0.3 is 0 Å². The third-order valence-electron chi connectivity index (χ3n) is 0.790. The van der Waals surface area contributed by atoms with Gasteiger partial charge < -0.3 is 4.18 Å². The molecule has 0 radical (unpaired) electrons. The second-order valence-electron chi connectivity index (χ2n) is 1.87. The lowest BCUT2D eigenvalue weighted by Crippen LogP contribution is -1.87. The van der Waals surface area contributed by atoms with E-state index in [1.54, 1.807) is 174 Å². The molecule has 0 aliphatic rings. The zero-order valence-electron chi connectivity index (χ0n) is 10.8. The summed E-state index contributed by atoms with van der Waals surface area (Å²) < 4.78 is 5.07. The summed E-state index contributed by atoms with van der Waals surface area (Å²) >= 11 is 14.3. The van der Waals surface area contributed by atoms with Crippen LogP contribution in [0.25, 0.3) is 0 Å². The molecule has 0 aromatic rings. The molecular weight excluding hydrogens is 766 g/mol. The molecule has 0 saturated heterocycles. The Bertz CT molecular complexity index is 345. The Morgan fingerprint density at radius 3 is 1.12 bits per heavy atom. The van der Waals surface area contributed by atoms with Crippen molar-refractivity contribution < 1.29 is 4.18 Å². The summed E-state index contributed by atoms with van der Waals surface area (Å²) in [6, 6.07) is 0. The largest absolute Gasteiger partial charge is 0.305 e. The normalized spacial score (nSPS) is 11.9. The van der Waals surface area contributed by atoms with Gasteiger partial charge in [-0.3, -0.25) is 0 Å². The molecule has 0 aliphatic heterocycles. The average molecular weight is 770 g/mol. The van der Waals surface area contributed by atoms with E-state index in [0.717, 1.165) is 0 Å². The molecule has 152 valence electrons. The molecule has 1 nitrogen and oxygen atoms in total. The fourth-order valence-corrected chi connectivity index (χ4v) is 54.3. The van der Waals surface area contributed by atoms with E-state index in [1.807, 2.05) is 0 Å². The number of rotatable bonds is 20. The summed E-state index contributed by atoms with van der Waals surface area (Å²) in [4.78, 5) is 0. The molecule has 0 aromatic heterocycles. The molecule has 0 rings (SSSR count). The molecule has 0 aromatic carbocycles. The second kappa shape index (κ2) is 26.4. The van der Waals surface area contributed by atoms with Crippen LogP contribution in [0.1, 0.15) is 0 Å². The molecule has 0 saturated carbocycles. The minimum absolute atomic E-state index is 1.46. The maximum absolute atomic E-state index is 5.12. The van der Waals surface area contributed by atoms with Crippen molar-refractivity contribution in [3.63, 3.8) is 0 Å². The summed E-state index contributed by atoms with van der Waals surface area (Å²) in [6.45, 7) is -1.78. The maximum Gasteiger partial charge on any atom is 0.0817 e. The van der Waals surface area contributed by atoms with Crippen molar-refractivity contribution in [3.8, 4) is 0 Å². The summed E-state index contributed by atoms with van der Waals surface area (Å²) in [6.07, 6.45) is 0.